The molecule has 0 aromatic carbocycles. The molecule has 1 amide bonds. The van der Waals surface area contributed by atoms with E-state index >= 15 is 0 Å². The Hall–Kier alpha value is -1.17. The van der Waals surface area contributed by atoms with Gasteiger partial charge in [0.1, 0.15) is 0 Å². The van der Waals surface area contributed by atoms with Gasteiger partial charge in [-0.1, -0.05) is 19.8 Å². The molecule has 0 heterocycles. The summed E-state index contributed by atoms with van der Waals surface area (Å²) in [5.74, 6) is 3.60. The van der Waals surface area contributed by atoms with E-state index in [9.17, 15) is 4.79 Å². The Bertz CT molecular complexity index is 367. The van der Waals surface area contributed by atoms with E-state index in [1.807, 2.05) is 6.92 Å². The first-order valence-electron chi connectivity index (χ1n) is 7.42. The topological polar surface area (TPSA) is 74.8 Å². The minimum Gasteiger partial charge on any atom is -0.450 e. The first-order valence-corrected chi connectivity index (χ1v) is 7.42. The summed E-state index contributed by atoms with van der Waals surface area (Å²) in [6, 6.07) is -0.0645. The lowest BCUT2D eigenvalue weighted by Gasteiger charge is -2.19. The second-order valence-electron chi connectivity index (χ2n) is 4.97. The molecule has 0 radical (unpaired) electrons. The first-order chi connectivity index (χ1) is 10.0. The lowest BCUT2D eigenvalue weighted by atomic mass is 10.0. The number of guanidine groups is 1. The van der Waals surface area contributed by atoms with E-state index in [2.05, 4.69) is 40.7 Å². The van der Waals surface area contributed by atoms with Gasteiger partial charge in [-0.15, -0.1) is 30.4 Å². The van der Waals surface area contributed by atoms with Gasteiger partial charge in [0.15, 0.2) is 5.96 Å². The van der Waals surface area contributed by atoms with E-state index in [1.54, 1.807) is 6.92 Å². The summed E-state index contributed by atoms with van der Waals surface area (Å²) in [7, 11) is 0. The summed E-state index contributed by atoms with van der Waals surface area (Å²) in [4.78, 5) is 16.0. The van der Waals surface area contributed by atoms with Crippen molar-refractivity contribution in [2.45, 2.75) is 40.2 Å². The lowest BCUT2D eigenvalue weighted by Crippen LogP contribution is -2.41. The van der Waals surface area contributed by atoms with Crippen LogP contribution in [-0.2, 0) is 4.74 Å². The number of ether oxygens (including phenoxy) is 1. The standard InChI is InChI=1S/C15H28N4O2.HI/c1-6-9-17-14(16-7-2)18-11-13(10-12(4)5)19-15(20)21-8-3;/h1,12-13H,7-11H2,2-5H3,(H,19,20)(H2,16,17,18);1H. The molecule has 3 N–H and O–H groups in total. The van der Waals surface area contributed by atoms with Crippen molar-refractivity contribution in [3.05, 3.63) is 0 Å². The SMILES string of the molecule is C#CCNC(=NCC(CC(C)C)NC(=O)OCC)NCC.I. The minimum absolute atomic E-state index is 0. The van der Waals surface area contributed by atoms with Crippen LogP contribution in [0.25, 0.3) is 0 Å². The number of nitrogens with one attached hydrogen (secondary N) is 3. The molecule has 0 aliphatic carbocycles. The number of amides is 1. The number of hydrogen-bond acceptors (Lipinski definition) is 3. The third kappa shape index (κ3) is 12.6. The smallest absolute Gasteiger partial charge is 0.407 e. The largest absolute Gasteiger partial charge is 0.450 e. The van der Waals surface area contributed by atoms with Gasteiger partial charge in [0, 0.05) is 6.54 Å². The third-order valence-electron chi connectivity index (χ3n) is 2.53. The van der Waals surface area contributed by atoms with Crippen LogP contribution in [-0.4, -0.2) is 44.3 Å². The fourth-order valence-corrected chi connectivity index (χ4v) is 1.77. The highest BCUT2D eigenvalue weighted by atomic mass is 127. The van der Waals surface area contributed by atoms with Gasteiger partial charge in [-0.3, -0.25) is 4.99 Å². The average Bonchev–Trinajstić information content (AvgIpc) is 2.41. The van der Waals surface area contributed by atoms with Crippen LogP contribution < -0.4 is 16.0 Å². The number of halogens is 1. The monoisotopic (exact) mass is 424 g/mol. The molecule has 128 valence electrons. The molecule has 0 aromatic heterocycles. The average molecular weight is 424 g/mol. The van der Waals surface area contributed by atoms with E-state index in [0.29, 0.717) is 31.6 Å². The number of hydrogen-bond donors (Lipinski definition) is 3. The van der Waals surface area contributed by atoms with Crippen molar-refractivity contribution < 1.29 is 9.53 Å². The molecule has 1 atom stereocenters. The number of carbonyl (C=O) groups excluding carboxylic acids is 1. The Morgan fingerprint density at radius 1 is 1.32 bits per heavy atom. The molecule has 0 aliphatic heterocycles. The van der Waals surface area contributed by atoms with E-state index in [1.165, 1.54) is 0 Å². The van der Waals surface area contributed by atoms with E-state index < -0.39 is 6.09 Å². The predicted molar refractivity (Wildman–Crippen MR) is 102 cm³/mol. The fraction of sp³-hybridized carbons (Fsp3) is 0.733. The molecular formula is C15H29IN4O2. The predicted octanol–water partition coefficient (Wildman–Crippen LogP) is 1.95. The molecule has 0 saturated heterocycles. The highest BCUT2D eigenvalue weighted by molar-refractivity contribution is 14.0. The summed E-state index contributed by atoms with van der Waals surface area (Å²) in [6.45, 7) is 9.95. The van der Waals surface area contributed by atoms with Gasteiger partial charge in [-0.25, -0.2) is 4.79 Å². The van der Waals surface area contributed by atoms with Crippen molar-refractivity contribution in [1.82, 2.24) is 16.0 Å². The number of alkyl carbamates (subject to hydrolysis) is 1. The van der Waals surface area contributed by atoms with Crippen molar-refractivity contribution in [2.24, 2.45) is 10.9 Å². The fourth-order valence-electron chi connectivity index (χ4n) is 1.77. The zero-order chi connectivity index (χ0) is 16.1. The molecule has 6 nitrogen and oxygen atoms in total. The summed E-state index contributed by atoms with van der Waals surface area (Å²) in [5, 5.41) is 8.96. The number of carbonyl (C=O) groups is 1. The van der Waals surface area contributed by atoms with Crippen LogP contribution in [0, 0.1) is 18.3 Å². The summed E-state index contributed by atoms with van der Waals surface area (Å²) in [6.07, 6.45) is 5.65. The van der Waals surface area contributed by atoms with E-state index in [4.69, 9.17) is 11.2 Å². The summed E-state index contributed by atoms with van der Waals surface area (Å²) < 4.78 is 4.92. The minimum atomic E-state index is -0.403. The van der Waals surface area contributed by atoms with Crippen molar-refractivity contribution in [1.29, 1.82) is 0 Å². The molecule has 0 saturated carbocycles. The molecule has 0 aliphatic rings. The van der Waals surface area contributed by atoms with Gasteiger partial charge >= 0.3 is 6.09 Å². The van der Waals surface area contributed by atoms with Gasteiger partial charge in [0.2, 0.25) is 0 Å². The molecule has 7 heteroatoms. The molecule has 22 heavy (non-hydrogen) atoms. The van der Waals surface area contributed by atoms with Crippen LogP contribution >= 0.6 is 24.0 Å². The first kappa shape index (κ1) is 23.1. The highest BCUT2D eigenvalue weighted by Gasteiger charge is 2.14. The lowest BCUT2D eigenvalue weighted by molar-refractivity contribution is 0.147. The highest BCUT2D eigenvalue weighted by Crippen LogP contribution is 2.05. The number of aliphatic imine (C=N–C) groups is 1. The molecule has 0 bridgehead atoms. The zero-order valence-electron chi connectivity index (χ0n) is 13.9. The maximum atomic E-state index is 11.5. The van der Waals surface area contributed by atoms with Crippen LogP contribution in [0.1, 0.15) is 34.1 Å². The van der Waals surface area contributed by atoms with E-state index in [-0.39, 0.29) is 30.0 Å². The maximum Gasteiger partial charge on any atom is 0.407 e. The van der Waals surface area contributed by atoms with Gasteiger partial charge in [-0.2, -0.15) is 0 Å². The molecule has 0 aromatic rings. The van der Waals surface area contributed by atoms with Gasteiger partial charge in [-0.05, 0) is 26.2 Å². The molecule has 0 fully saturated rings. The van der Waals surface area contributed by atoms with Gasteiger partial charge < -0.3 is 20.7 Å². The Labute approximate surface area is 151 Å². The second kappa shape index (κ2) is 14.8. The quantitative estimate of drug-likeness (QED) is 0.241. The van der Waals surface area contributed by atoms with Crippen molar-refractivity contribution in [2.75, 3.05) is 26.2 Å². The Morgan fingerprint density at radius 3 is 2.50 bits per heavy atom. The van der Waals surface area contributed by atoms with Crippen LogP contribution in [0.15, 0.2) is 4.99 Å². The number of rotatable bonds is 8. The number of terminal acetylenes is 1. The van der Waals surface area contributed by atoms with Gasteiger partial charge in [0.25, 0.3) is 0 Å². The van der Waals surface area contributed by atoms with Crippen LogP contribution in [0.3, 0.4) is 0 Å². The number of nitrogens with zero attached hydrogens (tertiary/aromatic N) is 1. The van der Waals surface area contributed by atoms with Crippen LogP contribution in [0.4, 0.5) is 4.79 Å². The van der Waals surface area contributed by atoms with Crippen LogP contribution in [0.2, 0.25) is 0 Å². The Balaban J connectivity index is 0. The second-order valence-corrected chi connectivity index (χ2v) is 4.97. The van der Waals surface area contributed by atoms with Crippen molar-refractivity contribution >= 4 is 36.0 Å². The zero-order valence-corrected chi connectivity index (χ0v) is 16.3. The van der Waals surface area contributed by atoms with Crippen molar-refractivity contribution in [3.8, 4) is 12.3 Å². The molecular weight excluding hydrogens is 395 g/mol. The molecule has 0 rings (SSSR count). The maximum absolute atomic E-state index is 11.5. The Kier molecular flexibility index (Phi) is 15.5. The normalized spacial score (nSPS) is 11.9. The summed E-state index contributed by atoms with van der Waals surface area (Å²) >= 11 is 0. The summed E-state index contributed by atoms with van der Waals surface area (Å²) in [5.41, 5.74) is 0. The van der Waals surface area contributed by atoms with Crippen molar-refractivity contribution in [3.63, 3.8) is 0 Å². The molecule has 1 unspecified atom stereocenters. The Morgan fingerprint density at radius 2 is 2.00 bits per heavy atom. The van der Waals surface area contributed by atoms with Crippen LogP contribution in [0.5, 0.6) is 0 Å². The third-order valence-corrected chi connectivity index (χ3v) is 2.53. The molecule has 0 spiro atoms. The van der Waals surface area contributed by atoms with Gasteiger partial charge in [0.05, 0.1) is 25.7 Å². The van der Waals surface area contributed by atoms with E-state index in [0.717, 1.165) is 13.0 Å².